The third-order valence-corrected chi connectivity index (χ3v) is 3.82. The van der Waals surface area contributed by atoms with Gasteiger partial charge in [0.05, 0.1) is 6.61 Å². The van der Waals surface area contributed by atoms with Crippen LogP contribution < -0.4 is 4.57 Å². The standard InChI is InChI=1S/C14H13F5N3O.BF4/c1-6(2)7-3-23-4-8-20-22(5-21(7)8)14-12(18)10(16)9(15)11(17)13(14)19;2-1(3,4)5/h5-7H,3-4H2,1-2H3;/q+1;-1/t7-;/m0./s1. The van der Waals surface area contributed by atoms with Crippen LogP contribution >= 0.6 is 0 Å². The Kier molecular flexibility index (Phi) is 6.31. The quantitative estimate of drug-likeness (QED) is 0.242. The number of halogens is 9. The zero-order chi connectivity index (χ0) is 21.4. The predicted octanol–water partition coefficient (Wildman–Crippen LogP) is 3.88. The Morgan fingerprint density at radius 2 is 1.46 bits per heavy atom. The van der Waals surface area contributed by atoms with Crippen LogP contribution in [0.3, 0.4) is 0 Å². The lowest BCUT2D eigenvalue weighted by Gasteiger charge is -2.22. The van der Waals surface area contributed by atoms with Crippen LogP contribution in [0.4, 0.5) is 39.2 Å². The van der Waals surface area contributed by atoms with Gasteiger partial charge >= 0.3 is 13.1 Å². The maximum Gasteiger partial charge on any atom is 0.673 e. The molecule has 1 aliphatic rings. The van der Waals surface area contributed by atoms with Gasteiger partial charge in [0, 0.05) is 5.10 Å². The first-order valence-corrected chi connectivity index (χ1v) is 7.79. The number of ether oxygens (including phenoxy) is 1. The highest BCUT2D eigenvalue weighted by atomic mass is 19.5. The number of fused-ring (bicyclic) bond motifs is 1. The van der Waals surface area contributed by atoms with Gasteiger partial charge in [-0.15, -0.1) is 0 Å². The minimum Gasteiger partial charge on any atom is -0.418 e. The molecular weight excluding hydrogens is 408 g/mol. The van der Waals surface area contributed by atoms with Gasteiger partial charge in [0.1, 0.15) is 12.6 Å². The molecule has 3 rings (SSSR count). The lowest BCUT2D eigenvalue weighted by molar-refractivity contribution is -0.749. The summed E-state index contributed by atoms with van der Waals surface area (Å²) in [5.74, 6) is -9.58. The molecule has 156 valence electrons. The van der Waals surface area contributed by atoms with E-state index in [0.29, 0.717) is 17.1 Å². The average molecular weight is 421 g/mol. The lowest BCUT2D eigenvalue weighted by atomic mass is 10.0. The molecule has 28 heavy (non-hydrogen) atoms. The van der Waals surface area contributed by atoms with E-state index < -0.39 is 42.0 Å². The van der Waals surface area contributed by atoms with Crippen LogP contribution in [0.2, 0.25) is 0 Å². The Morgan fingerprint density at radius 1 is 1.00 bits per heavy atom. The topological polar surface area (TPSA) is 30.9 Å². The summed E-state index contributed by atoms with van der Waals surface area (Å²) in [6.07, 6.45) is 1.22. The van der Waals surface area contributed by atoms with Crippen LogP contribution in [0.25, 0.3) is 5.69 Å². The van der Waals surface area contributed by atoms with E-state index in [2.05, 4.69) is 5.10 Å². The van der Waals surface area contributed by atoms with E-state index in [-0.39, 0.29) is 18.6 Å². The van der Waals surface area contributed by atoms with Crippen LogP contribution in [0.5, 0.6) is 0 Å². The third kappa shape index (κ3) is 4.59. The smallest absolute Gasteiger partial charge is 0.418 e. The van der Waals surface area contributed by atoms with Crippen molar-refractivity contribution >= 4 is 7.25 Å². The van der Waals surface area contributed by atoms with Crippen molar-refractivity contribution in [3.63, 3.8) is 0 Å². The van der Waals surface area contributed by atoms with Crippen LogP contribution in [0.1, 0.15) is 25.7 Å². The second-order valence-electron chi connectivity index (χ2n) is 6.12. The fraction of sp³-hybridized carbons (Fsp3) is 0.429. The summed E-state index contributed by atoms with van der Waals surface area (Å²) in [5.41, 5.74) is -1.11. The van der Waals surface area contributed by atoms with Gasteiger partial charge in [0.25, 0.3) is 0 Å². The number of nitrogens with zero attached hydrogens (tertiary/aromatic N) is 3. The van der Waals surface area contributed by atoms with Crippen molar-refractivity contribution in [2.75, 3.05) is 6.61 Å². The molecule has 0 N–H and O–H groups in total. The van der Waals surface area contributed by atoms with E-state index >= 15 is 0 Å². The molecule has 1 aliphatic heterocycles. The van der Waals surface area contributed by atoms with Gasteiger partial charge in [0.2, 0.25) is 41.1 Å². The molecule has 0 unspecified atom stereocenters. The third-order valence-electron chi connectivity index (χ3n) is 3.82. The maximum atomic E-state index is 13.9. The molecule has 0 bridgehead atoms. The molecule has 0 saturated heterocycles. The fourth-order valence-corrected chi connectivity index (χ4v) is 2.53. The summed E-state index contributed by atoms with van der Waals surface area (Å²) in [6.45, 7) is 4.31. The van der Waals surface area contributed by atoms with Gasteiger partial charge < -0.3 is 22.0 Å². The molecule has 4 nitrogen and oxygen atoms in total. The number of benzene rings is 1. The van der Waals surface area contributed by atoms with E-state index in [1.165, 1.54) is 6.33 Å². The lowest BCUT2D eigenvalue weighted by Crippen LogP contribution is -2.49. The number of rotatable bonds is 2. The van der Waals surface area contributed by atoms with E-state index in [9.17, 15) is 39.2 Å². The molecule has 2 heterocycles. The maximum absolute atomic E-state index is 13.9. The summed E-state index contributed by atoms with van der Waals surface area (Å²) in [6, 6.07) is -0.145. The summed E-state index contributed by atoms with van der Waals surface area (Å²) in [4.78, 5) is 0. The molecular formula is C14H13BF9N3O. The van der Waals surface area contributed by atoms with Gasteiger partial charge in [-0.05, 0) is 5.92 Å². The van der Waals surface area contributed by atoms with Gasteiger partial charge in [-0.3, -0.25) is 0 Å². The molecule has 0 aliphatic carbocycles. The molecule has 0 saturated carbocycles. The van der Waals surface area contributed by atoms with Gasteiger partial charge in [-0.1, -0.05) is 18.5 Å². The normalized spacial score (nSPS) is 16.6. The molecule has 0 spiro atoms. The van der Waals surface area contributed by atoms with Crippen molar-refractivity contribution in [3.05, 3.63) is 41.2 Å². The summed E-state index contributed by atoms with van der Waals surface area (Å²) in [7, 11) is -6.00. The van der Waals surface area contributed by atoms with E-state index in [1.54, 1.807) is 4.57 Å². The Bertz CT molecular complexity index is 834. The zero-order valence-corrected chi connectivity index (χ0v) is 14.4. The molecule has 1 atom stereocenters. The zero-order valence-electron chi connectivity index (χ0n) is 14.4. The van der Waals surface area contributed by atoms with Crippen LogP contribution in [0, 0.1) is 35.0 Å². The van der Waals surface area contributed by atoms with Crippen molar-refractivity contribution in [3.8, 4) is 5.69 Å². The minimum atomic E-state index is -6.00. The largest absolute Gasteiger partial charge is 0.673 e. The highest BCUT2D eigenvalue weighted by Gasteiger charge is 2.36. The first-order chi connectivity index (χ1) is 12.8. The fourth-order valence-electron chi connectivity index (χ4n) is 2.53. The summed E-state index contributed by atoms with van der Waals surface area (Å²) >= 11 is 0. The Hall–Kier alpha value is -2.25. The number of hydrogen-bond acceptors (Lipinski definition) is 2. The molecule has 0 amide bonds. The van der Waals surface area contributed by atoms with Gasteiger partial charge in [0.15, 0.2) is 0 Å². The highest BCUT2D eigenvalue weighted by molar-refractivity contribution is 6.50. The average Bonchev–Trinajstić information content (AvgIpc) is 3.00. The molecule has 2 aromatic rings. The van der Waals surface area contributed by atoms with Crippen LogP contribution in [0.15, 0.2) is 6.33 Å². The minimum absolute atomic E-state index is 0.0889. The number of hydrogen-bond donors (Lipinski definition) is 0. The highest BCUT2D eigenvalue weighted by Crippen LogP contribution is 2.26. The van der Waals surface area contributed by atoms with Crippen molar-refractivity contribution in [2.45, 2.75) is 26.5 Å². The van der Waals surface area contributed by atoms with Crippen molar-refractivity contribution < 1.29 is 48.5 Å². The molecule has 14 heteroatoms. The Morgan fingerprint density at radius 3 is 1.93 bits per heavy atom. The first kappa shape index (κ1) is 22.0. The molecule has 0 fully saturated rings. The Balaban J connectivity index is 0.000000500. The molecule has 1 aromatic carbocycles. The monoisotopic (exact) mass is 421 g/mol. The van der Waals surface area contributed by atoms with Gasteiger partial charge in [-0.2, -0.15) is 8.78 Å². The van der Waals surface area contributed by atoms with Crippen LogP contribution in [-0.2, 0) is 11.3 Å². The van der Waals surface area contributed by atoms with E-state index in [0.717, 1.165) is 0 Å². The van der Waals surface area contributed by atoms with Crippen LogP contribution in [-0.4, -0.2) is 23.6 Å². The predicted molar refractivity (Wildman–Crippen MR) is 77.3 cm³/mol. The first-order valence-electron chi connectivity index (χ1n) is 7.79. The van der Waals surface area contributed by atoms with Crippen molar-refractivity contribution in [1.82, 2.24) is 9.78 Å². The molecule has 0 radical (unpaired) electrons. The second-order valence-corrected chi connectivity index (χ2v) is 6.12. The Labute approximate surface area is 152 Å². The van der Waals surface area contributed by atoms with E-state index in [4.69, 9.17) is 4.74 Å². The van der Waals surface area contributed by atoms with Crippen molar-refractivity contribution in [2.24, 2.45) is 5.92 Å². The summed E-state index contributed by atoms with van der Waals surface area (Å²) in [5, 5.41) is 3.91. The second kappa shape index (κ2) is 8.01. The van der Waals surface area contributed by atoms with E-state index in [1.807, 2.05) is 13.8 Å². The number of aromatic nitrogens is 3. The molecule has 1 aromatic heterocycles. The van der Waals surface area contributed by atoms with Gasteiger partial charge in [-0.25, -0.2) is 17.7 Å². The SMILES string of the molecule is CC(C)[C@@H]1COCc2nn(-c3c(F)c(F)c(F)c(F)c3F)c[n+]21.F[B-](F)(F)F. The van der Waals surface area contributed by atoms with Crippen molar-refractivity contribution in [1.29, 1.82) is 0 Å². The summed E-state index contributed by atoms with van der Waals surface area (Å²) < 4.78 is 114.